The molecule has 1 amide bonds. The van der Waals surface area contributed by atoms with Crippen molar-refractivity contribution in [3.63, 3.8) is 0 Å². The highest BCUT2D eigenvalue weighted by atomic mass is 32.1. The number of rotatable bonds is 5. The van der Waals surface area contributed by atoms with Crippen LogP contribution in [0.5, 0.6) is 0 Å². The summed E-state index contributed by atoms with van der Waals surface area (Å²) in [7, 11) is 0. The zero-order valence-corrected chi connectivity index (χ0v) is 20.0. The highest BCUT2D eigenvalue weighted by Crippen LogP contribution is 2.32. The molecule has 0 saturated heterocycles. The van der Waals surface area contributed by atoms with Crippen LogP contribution in [-0.4, -0.2) is 15.5 Å². The molecule has 2 aromatic heterocycles. The molecule has 1 N–H and O–H groups in total. The lowest BCUT2D eigenvalue weighted by atomic mass is 10.0. The molecule has 0 unspecified atom stereocenters. The van der Waals surface area contributed by atoms with Crippen LogP contribution in [0.1, 0.15) is 0 Å². The van der Waals surface area contributed by atoms with Crippen LogP contribution in [0.2, 0.25) is 0 Å². The van der Waals surface area contributed by atoms with Crippen molar-refractivity contribution in [1.82, 2.24) is 9.55 Å². The van der Waals surface area contributed by atoms with Crippen molar-refractivity contribution in [2.45, 2.75) is 6.54 Å². The van der Waals surface area contributed by atoms with Gasteiger partial charge in [-0.05, 0) is 28.1 Å². The summed E-state index contributed by atoms with van der Waals surface area (Å²) in [6.07, 6.45) is 1.45. The molecule has 6 heteroatoms. The fourth-order valence-corrected chi connectivity index (χ4v) is 5.35. The first-order valence-electron chi connectivity index (χ1n) is 11.6. The number of carbonyl (C=O) groups excluding carboxylic acids is 1. The molecule has 0 aliphatic heterocycles. The molecule has 0 bridgehead atoms. The van der Waals surface area contributed by atoms with Crippen LogP contribution in [0.3, 0.4) is 0 Å². The van der Waals surface area contributed by atoms with E-state index in [1.165, 1.54) is 22.2 Å². The zero-order valence-electron chi connectivity index (χ0n) is 19.2. The third kappa shape index (κ3) is 4.08. The standard InChI is InChI=1S/C30H21N3O2S/c34-27(32-26-12-6-10-22-9-4-5-11-24(22)26)17-33-19-31-29-28(30(33)35)25(18-36-29)23-15-13-21(14-16-23)20-7-2-1-3-8-20/h1-16,18-19H,17H2,(H,32,34). The van der Waals surface area contributed by atoms with Crippen molar-refractivity contribution in [2.75, 3.05) is 5.32 Å². The van der Waals surface area contributed by atoms with Gasteiger partial charge in [-0.1, -0.05) is 91.0 Å². The second kappa shape index (κ2) is 9.24. The van der Waals surface area contributed by atoms with Gasteiger partial charge in [-0.2, -0.15) is 0 Å². The maximum atomic E-state index is 13.4. The minimum atomic E-state index is -0.279. The number of nitrogens with one attached hydrogen (secondary N) is 1. The topological polar surface area (TPSA) is 64.0 Å². The molecule has 0 aliphatic rings. The average molecular weight is 488 g/mol. The van der Waals surface area contributed by atoms with E-state index in [1.807, 2.05) is 78.2 Å². The van der Waals surface area contributed by atoms with Crippen molar-refractivity contribution in [3.05, 3.63) is 119 Å². The maximum Gasteiger partial charge on any atom is 0.263 e. The summed E-state index contributed by atoms with van der Waals surface area (Å²) >= 11 is 1.43. The molecule has 36 heavy (non-hydrogen) atoms. The van der Waals surface area contributed by atoms with Crippen LogP contribution in [0.15, 0.2) is 114 Å². The number of nitrogens with zero attached hydrogens (tertiary/aromatic N) is 2. The summed E-state index contributed by atoms with van der Waals surface area (Å²) < 4.78 is 1.37. The van der Waals surface area contributed by atoms with Crippen molar-refractivity contribution in [2.24, 2.45) is 0 Å². The van der Waals surface area contributed by atoms with E-state index < -0.39 is 0 Å². The van der Waals surface area contributed by atoms with Gasteiger partial charge in [0.1, 0.15) is 11.4 Å². The smallest absolute Gasteiger partial charge is 0.263 e. The Morgan fingerprint density at radius 3 is 2.33 bits per heavy atom. The van der Waals surface area contributed by atoms with Gasteiger partial charge in [0.2, 0.25) is 5.91 Å². The SMILES string of the molecule is O=C(Cn1cnc2scc(-c3ccc(-c4ccccc4)cc3)c2c1=O)Nc1cccc2ccccc12. The van der Waals surface area contributed by atoms with Gasteiger partial charge >= 0.3 is 0 Å². The Hall–Kier alpha value is -4.55. The van der Waals surface area contributed by atoms with Gasteiger partial charge in [0, 0.05) is 22.0 Å². The second-order valence-electron chi connectivity index (χ2n) is 8.53. The van der Waals surface area contributed by atoms with Gasteiger partial charge < -0.3 is 5.32 Å². The van der Waals surface area contributed by atoms with Crippen LogP contribution in [0.4, 0.5) is 5.69 Å². The molecule has 2 heterocycles. The van der Waals surface area contributed by atoms with Gasteiger partial charge in [-0.25, -0.2) is 4.98 Å². The number of amides is 1. The van der Waals surface area contributed by atoms with Gasteiger partial charge in [-0.3, -0.25) is 14.2 Å². The lowest BCUT2D eigenvalue weighted by Crippen LogP contribution is -2.27. The molecule has 6 aromatic rings. The van der Waals surface area contributed by atoms with Crippen LogP contribution in [0, 0.1) is 0 Å². The molecule has 6 rings (SSSR count). The summed E-state index contributed by atoms with van der Waals surface area (Å²) in [5.74, 6) is -0.279. The Bertz CT molecular complexity index is 1770. The number of anilines is 1. The van der Waals surface area contributed by atoms with Crippen LogP contribution in [-0.2, 0) is 11.3 Å². The van der Waals surface area contributed by atoms with Crippen molar-refractivity contribution in [3.8, 4) is 22.3 Å². The number of thiophene rings is 1. The highest BCUT2D eigenvalue weighted by molar-refractivity contribution is 7.17. The molecule has 174 valence electrons. The largest absolute Gasteiger partial charge is 0.324 e. The number of carbonyl (C=O) groups is 1. The summed E-state index contributed by atoms with van der Waals surface area (Å²) in [6.45, 7) is -0.118. The number of hydrogen-bond donors (Lipinski definition) is 1. The molecule has 0 fully saturated rings. The Morgan fingerprint density at radius 1 is 0.806 bits per heavy atom. The predicted molar refractivity (Wildman–Crippen MR) is 147 cm³/mol. The molecule has 0 spiro atoms. The minimum absolute atomic E-state index is 0.118. The lowest BCUT2D eigenvalue weighted by molar-refractivity contribution is -0.116. The number of aromatic nitrogens is 2. The summed E-state index contributed by atoms with van der Waals surface area (Å²) in [5, 5.41) is 7.43. The van der Waals surface area contributed by atoms with Crippen LogP contribution in [0.25, 0.3) is 43.2 Å². The molecular weight excluding hydrogens is 466 g/mol. The van der Waals surface area contributed by atoms with E-state index in [0.29, 0.717) is 10.2 Å². The van der Waals surface area contributed by atoms with Gasteiger partial charge in [0.15, 0.2) is 0 Å². The number of hydrogen-bond acceptors (Lipinski definition) is 4. The first-order chi connectivity index (χ1) is 17.7. The summed E-state index contributed by atoms with van der Waals surface area (Å²) in [5.41, 5.74) is 4.51. The van der Waals surface area contributed by atoms with E-state index in [1.54, 1.807) is 0 Å². The fraction of sp³-hybridized carbons (Fsp3) is 0.0333. The Kier molecular flexibility index (Phi) is 5.64. The van der Waals surface area contributed by atoms with Crippen LogP contribution >= 0.6 is 11.3 Å². The predicted octanol–water partition coefficient (Wildman–Crippen LogP) is 6.58. The quantitative estimate of drug-likeness (QED) is 0.299. The van der Waals surface area contributed by atoms with E-state index in [4.69, 9.17) is 0 Å². The van der Waals surface area contributed by atoms with Gasteiger partial charge in [0.25, 0.3) is 5.56 Å². The maximum absolute atomic E-state index is 13.4. The van der Waals surface area contributed by atoms with Crippen LogP contribution < -0.4 is 10.9 Å². The molecule has 0 atom stereocenters. The first kappa shape index (κ1) is 21.9. The Balaban J connectivity index is 1.29. The molecule has 5 nitrogen and oxygen atoms in total. The Labute approximate surface area is 211 Å². The lowest BCUT2D eigenvalue weighted by Gasteiger charge is -2.10. The van der Waals surface area contributed by atoms with Crippen molar-refractivity contribution < 1.29 is 4.79 Å². The third-order valence-corrected chi connectivity index (χ3v) is 7.13. The minimum Gasteiger partial charge on any atom is -0.324 e. The zero-order chi connectivity index (χ0) is 24.5. The highest BCUT2D eigenvalue weighted by Gasteiger charge is 2.15. The third-order valence-electron chi connectivity index (χ3n) is 6.24. The molecule has 0 radical (unpaired) electrons. The molecule has 0 saturated carbocycles. The van der Waals surface area contributed by atoms with E-state index in [0.717, 1.165) is 38.7 Å². The first-order valence-corrected chi connectivity index (χ1v) is 12.5. The van der Waals surface area contributed by atoms with E-state index in [2.05, 4.69) is 34.6 Å². The van der Waals surface area contributed by atoms with Crippen molar-refractivity contribution in [1.29, 1.82) is 0 Å². The van der Waals surface area contributed by atoms with E-state index in [-0.39, 0.29) is 18.0 Å². The monoisotopic (exact) mass is 487 g/mol. The fourth-order valence-electron chi connectivity index (χ4n) is 4.44. The Morgan fingerprint density at radius 2 is 1.50 bits per heavy atom. The molecule has 0 aliphatic carbocycles. The number of benzene rings is 4. The van der Waals surface area contributed by atoms with E-state index in [9.17, 15) is 9.59 Å². The van der Waals surface area contributed by atoms with Gasteiger partial charge in [-0.15, -0.1) is 11.3 Å². The summed E-state index contributed by atoms with van der Waals surface area (Å²) in [4.78, 5) is 31.4. The molecule has 4 aromatic carbocycles. The normalized spacial score (nSPS) is 11.1. The second-order valence-corrected chi connectivity index (χ2v) is 9.38. The average Bonchev–Trinajstić information content (AvgIpc) is 3.36. The molecular formula is C30H21N3O2S. The van der Waals surface area contributed by atoms with Crippen molar-refractivity contribution >= 4 is 43.9 Å². The number of fused-ring (bicyclic) bond motifs is 2. The van der Waals surface area contributed by atoms with Gasteiger partial charge in [0.05, 0.1) is 11.7 Å². The summed E-state index contributed by atoms with van der Waals surface area (Å²) in [6, 6.07) is 31.9. The van der Waals surface area contributed by atoms with E-state index >= 15 is 0 Å².